The quantitative estimate of drug-likeness (QED) is 0.197. The molecule has 0 aliphatic rings. The molecule has 0 aliphatic carbocycles. The van der Waals surface area contributed by atoms with E-state index in [-0.39, 0.29) is 5.91 Å². The molecule has 0 unspecified atom stereocenters. The number of hydrogen-bond donors (Lipinski definition) is 3. The molecule has 178 valence electrons. The van der Waals surface area contributed by atoms with Crippen LogP contribution in [0.15, 0.2) is 99.5 Å². The van der Waals surface area contributed by atoms with Gasteiger partial charge in [-0.3, -0.25) is 4.79 Å². The predicted molar refractivity (Wildman–Crippen MR) is 149 cm³/mol. The summed E-state index contributed by atoms with van der Waals surface area (Å²) in [6.45, 7) is 1.92. The highest BCUT2D eigenvalue weighted by Gasteiger charge is 2.13. The zero-order chi connectivity index (χ0) is 25.1. The van der Waals surface area contributed by atoms with Crippen LogP contribution in [0.3, 0.4) is 0 Å². The van der Waals surface area contributed by atoms with Gasteiger partial charge in [0.05, 0.1) is 11.1 Å². The van der Waals surface area contributed by atoms with Gasteiger partial charge >= 0.3 is 0 Å². The summed E-state index contributed by atoms with van der Waals surface area (Å²) in [6, 6.07) is 24.5. The normalized spacial score (nSPS) is 10.8. The smallest absolute Gasteiger partial charge is 0.255 e. The van der Waals surface area contributed by atoms with Gasteiger partial charge in [0.2, 0.25) is 0 Å². The van der Waals surface area contributed by atoms with Gasteiger partial charge in [-0.1, -0.05) is 27.7 Å². The van der Waals surface area contributed by atoms with Gasteiger partial charge in [-0.05, 0) is 85.8 Å². The van der Waals surface area contributed by atoms with E-state index < -0.39 is 0 Å². The van der Waals surface area contributed by atoms with Crippen LogP contribution in [0.25, 0.3) is 11.0 Å². The average molecular weight is 557 g/mol. The maximum absolute atomic E-state index is 12.8. The van der Waals surface area contributed by atoms with Crippen LogP contribution in [0.5, 0.6) is 0 Å². The van der Waals surface area contributed by atoms with Crippen LogP contribution < -0.4 is 16.4 Å². The van der Waals surface area contributed by atoms with E-state index in [1.54, 1.807) is 23.9 Å². The number of aryl methyl sites for hydroxylation is 1. The number of hydrogen-bond acceptors (Lipinski definition) is 7. The van der Waals surface area contributed by atoms with Crippen molar-refractivity contribution in [3.05, 3.63) is 101 Å². The molecule has 2 heterocycles. The van der Waals surface area contributed by atoms with Crippen LogP contribution in [0.4, 0.5) is 22.9 Å². The van der Waals surface area contributed by atoms with Crippen molar-refractivity contribution in [1.82, 2.24) is 15.0 Å². The minimum Gasteiger partial charge on any atom is -0.399 e. The van der Waals surface area contributed by atoms with E-state index in [9.17, 15) is 4.79 Å². The molecule has 0 saturated heterocycles. The number of halogens is 1. The van der Waals surface area contributed by atoms with Crippen LogP contribution in [0.1, 0.15) is 16.1 Å². The Kier molecular flexibility index (Phi) is 6.84. The highest BCUT2D eigenvalue weighted by atomic mass is 79.9. The van der Waals surface area contributed by atoms with Gasteiger partial charge in [0, 0.05) is 36.9 Å². The van der Waals surface area contributed by atoms with E-state index in [1.165, 1.54) is 6.33 Å². The summed E-state index contributed by atoms with van der Waals surface area (Å²) in [5.74, 6) is 0.433. The summed E-state index contributed by atoms with van der Waals surface area (Å²) in [4.78, 5) is 28.1. The summed E-state index contributed by atoms with van der Waals surface area (Å²) in [6.07, 6.45) is 1.49. The molecule has 1 amide bonds. The third kappa shape index (κ3) is 5.48. The second-order valence-electron chi connectivity index (χ2n) is 8.01. The van der Waals surface area contributed by atoms with E-state index in [0.717, 1.165) is 31.0 Å². The number of anilines is 4. The van der Waals surface area contributed by atoms with Crippen molar-refractivity contribution in [1.29, 1.82) is 0 Å². The van der Waals surface area contributed by atoms with Crippen molar-refractivity contribution in [3.63, 3.8) is 0 Å². The van der Waals surface area contributed by atoms with Gasteiger partial charge in [0.15, 0.2) is 5.65 Å². The topological polar surface area (TPSA) is 106 Å². The van der Waals surface area contributed by atoms with Gasteiger partial charge in [-0.25, -0.2) is 15.0 Å². The molecule has 4 N–H and O–H groups in total. The molecule has 5 aromatic rings. The van der Waals surface area contributed by atoms with E-state index >= 15 is 0 Å². The number of nitrogens with two attached hydrogens (primary N) is 1. The molecule has 5 rings (SSSR count). The van der Waals surface area contributed by atoms with Crippen LogP contribution in [-0.4, -0.2) is 20.9 Å². The number of amides is 1. The zero-order valence-electron chi connectivity index (χ0n) is 19.2. The third-order valence-corrected chi connectivity index (χ3v) is 6.95. The van der Waals surface area contributed by atoms with Crippen molar-refractivity contribution in [2.75, 3.05) is 16.4 Å². The molecule has 0 spiro atoms. The predicted octanol–water partition coefficient (Wildman–Crippen LogP) is 6.83. The molecule has 36 heavy (non-hydrogen) atoms. The standard InChI is InChI=1S/C27H21BrN6OS/c1-16-2-12-22-25(32-16)30-15-31-26(22)34-23-14-20(33-27(35)17-3-5-18(28)6-4-17)9-13-24(23)36-21-10-7-19(29)8-11-21/h2-15H,29H2,1H3,(H,33,35)(H,30,31,32,34). The van der Waals surface area contributed by atoms with E-state index in [1.807, 2.05) is 73.7 Å². The second kappa shape index (κ2) is 10.3. The molecule has 3 aromatic carbocycles. The van der Waals surface area contributed by atoms with Crippen molar-refractivity contribution in [3.8, 4) is 0 Å². The maximum Gasteiger partial charge on any atom is 0.255 e. The van der Waals surface area contributed by atoms with Crippen LogP contribution in [-0.2, 0) is 0 Å². The Morgan fingerprint density at radius 3 is 2.50 bits per heavy atom. The van der Waals surface area contributed by atoms with Gasteiger partial charge in [0.25, 0.3) is 5.91 Å². The first-order valence-electron chi connectivity index (χ1n) is 11.0. The van der Waals surface area contributed by atoms with Gasteiger partial charge in [-0.2, -0.15) is 0 Å². The zero-order valence-corrected chi connectivity index (χ0v) is 21.6. The number of fused-ring (bicyclic) bond motifs is 1. The lowest BCUT2D eigenvalue weighted by Crippen LogP contribution is -2.12. The number of nitrogen functional groups attached to an aromatic ring is 1. The molecule has 2 aromatic heterocycles. The number of pyridine rings is 1. The van der Waals surface area contributed by atoms with Crippen molar-refractivity contribution < 1.29 is 4.79 Å². The SMILES string of the molecule is Cc1ccc2c(Nc3cc(NC(=O)c4ccc(Br)cc4)ccc3Sc3ccc(N)cc3)ncnc2n1. The van der Waals surface area contributed by atoms with Gasteiger partial charge in [0.1, 0.15) is 12.1 Å². The first-order chi connectivity index (χ1) is 17.4. The Hall–Kier alpha value is -3.95. The molecule has 0 fully saturated rings. The number of nitrogens with zero attached hydrogens (tertiary/aromatic N) is 3. The molecule has 0 atom stereocenters. The Morgan fingerprint density at radius 1 is 0.944 bits per heavy atom. The summed E-state index contributed by atoms with van der Waals surface area (Å²) < 4.78 is 0.913. The van der Waals surface area contributed by atoms with E-state index in [0.29, 0.717) is 28.4 Å². The maximum atomic E-state index is 12.8. The first-order valence-corrected chi connectivity index (χ1v) is 12.7. The number of carbonyl (C=O) groups is 1. The third-order valence-electron chi connectivity index (χ3n) is 5.34. The molecule has 7 nitrogen and oxygen atoms in total. The van der Waals surface area contributed by atoms with Crippen LogP contribution in [0, 0.1) is 6.92 Å². The van der Waals surface area contributed by atoms with Gasteiger partial charge in [-0.15, -0.1) is 0 Å². The lowest BCUT2D eigenvalue weighted by atomic mass is 10.2. The van der Waals surface area contributed by atoms with Crippen molar-refractivity contribution >= 4 is 67.5 Å². The molecule has 0 saturated carbocycles. The van der Waals surface area contributed by atoms with E-state index in [2.05, 4.69) is 41.5 Å². The fourth-order valence-electron chi connectivity index (χ4n) is 3.53. The largest absolute Gasteiger partial charge is 0.399 e. The van der Waals surface area contributed by atoms with E-state index in [4.69, 9.17) is 5.73 Å². The molecule has 9 heteroatoms. The highest BCUT2D eigenvalue weighted by molar-refractivity contribution is 9.10. The Bertz CT molecular complexity index is 1560. The fraction of sp³-hybridized carbons (Fsp3) is 0.0370. The number of carbonyl (C=O) groups excluding carboxylic acids is 1. The Labute approximate surface area is 220 Å². The average Bonchev–Trinajstić information content (AvgIpc) is 2.87. The number of benzene rings is 3. The second-order valence-corrected chi connectivity index (χ2v) is 10.0. The minimum atomic E-state index is -0.195. The Balaban J connectivity index is 1.50. The van der Waals surface area contributed by atoms with Crippen molar-refractivity contribution in [2.24, 2.45) is 0 Å². The minimum absolute atomic E-state index is 0.195. The molecule has 0 bridgehead atoms. The summed E-state index contributed by atoms with van der Waals surface area (Å²) in [5, 5.41) is 7.22. The number of rotatable bonds is 6. The summed E-state index contributed by atoms with van der Waals surface area (Å²) in [7, 11) is 0. The first kappa shape index (κ1) is 23.8. The molecular weight excluding hydrogens is 536 g/mol. The number of nitrogens with one attached hydrogen (secondary N) is 2. The number of aromatic nitrogens is 3. The lowest BCUT2D eigenvalue weighted by molar-refractivity contribution is 0.102. The Morgan fingerprint density at radius 2 is 1.72 bits per heavy atom. The van der Waals surface area contributed by atoms with Crippen molar-refractivity contribution in [2.45, 2.75) is 16.7 Å². The highest BCUT2D eigenvalue weighted by Crippen LogP contribution is 2.37. The van der Waals surface area contributed by atoms with Crippen LogP contribution >= 0.6 is 27.7 Å². The van der Waals surface area contributed by atoms with Gasteiger partial charge < -0.3 is 16.4 Å². The summed E-state index contributed by atoms with van der Waals surface area (Å²) >= 11 is 4.98. The lowest BCUT2D eigenvalue weighted by Gasteiger charge is -2.15. The molecule has 0 radical (unpaired) electrons. The monoisotopic (exact) mass is 556 g/mol. The molecule has 0 aliphatic heterocycles. The van der Waals surface area contributed by atoms with Crippen LogP contribution in [0.2, 0.25) is 0 Å². The molecular formula is C27H21BrN6OS. The summed E-state index contributed by atoms with van der Waals surface area (Å²) in [5.41, 5.74) is 10.1. The fourth-order valence-corrected chi connectivity index (χ4v) is 4.67.